The van der Waals surface area contributed by atoms with Crippen molar-refractivity contribution in [1.29, 1.82) is 0 Å². The van der Waals surface area contributed by atoms with Crippen LogP contribution in [0.2, 0.25) is 0 Å². The van der Waals surface area contributed by atoms with Gasteiger partial charge in [-0.2, -0.15) is 0 Å². The van der Waals surface area contributed by atoms with Gasteiger partial charge in [0.1, 0.15) is 5.82 Å². The van der Waals surface area contributed by atoms with Gasteiger partial charge >= 0.3 is 0 Å². The van der Waals surface area contributed by atoms with E-state index in [4.69, 9.17) is 4.74 Å². The summed E-state index contributed by atoms with van der Waals surface area (Å²) in [6.07, 6.45) is 0.266. The van der Waals surface area contributed by atoms with Crippen LogP contribution in [0.15, 0.2) is 18.2 Å². The molecule has 0 aliphatic rings. The van der Waals surface area contributed by atoms with E-state index in [2.05, 4.69) is 5.32 Å². The third-order valence-corrected chi connectivity index (χ3v) is 2.99. The molecule has 0 fully saturated rings. The monoisotopic (exact) mass is 255 g/mol. The molecule has 1 aromatic rings. The van der Waals surface area contributed by atoms with Gasteiger partial charge in [0.2, 0.25) is 0 Å². The highest BCUT2D eigenvalue weighted by molar-refractivity contribution is 5.26. The zero-order valence-corrected chi connectivity index (χ0v) is 11.2. The molecule has 2 N–H and O–H groups in total. The first kappa shape index (κ1) is 15.1. The standard InChI is InChI=1S/C14H22FNO2/c1-10-9-12(5-6-13(10)15)14(17)11(2)16-7-4-8-18-3/h5-6,9,11,14,16-17H,4,7-8H2,1-3H3. The van der Waals surface area contributed by atoms with Gasteiger partial charge in [0, 0.05) is 19.8 Å². The van der Waals surface area contributed by atoms with E-state index in [1.807, 2.05) is 6.92 Å². The van der Waals surface area contributed by atoms with E-state index in [1.54, 1.807) is 26.2 Å². The van der Waals surface area contributed by atoms with E-state index >= 15 is 0 Å². The summed E-state index contributed by atoms with van der Waals surface area (Å²) in [5, 5.41) is 13.4. The van der Waals surface area contributed by atoms with Crippen LogP contribution in [0.4, 0.5) is 4.39 Å². The maximum absolute atomic E-state index is 13.1. The zero-order valence-electron chi connectivity index (χ0n) is 11.2. The van der Waals surface area contributed by atoms with Crippen LogP contribution in [0.5, 0.6) is 0 Å². The lowest BCUT2D eigenvalue weighted by molar-refractivity contribution is 0.132. The Balaban J connectivity index is 2.51. The van der Waals surface area contributed by atoms with Gasteiger partial charge < -0.3 is 15.2 Å². The quantitative estimate of drug-likeness (QED) is 0.734. The number of benzene rings is 1. The molecular weight excluding hydrogens is 233 g/mol. The summed E-state index contributed by atoms with van der Waals surface area (Å²) in [6.45, 7) is 5.09. The minimum atomic E-state index is -0.633. The lowest BCUT2D eigenvalue weighted by atomic mass is 10.0. The van der Waals surface area contributed by atoms with Crippen LogP contribution in [0.3, 0.4) is 0 Å². The van der Waals surface area contributed by atoms with Crippen molar-refractivity contribution in [3.8, 4) is 0 Å². The molecule has 0 bridgehead atoms. The topological polar surface area (TPSA) is 41.5 Å². The molecule has 0 aliphatic carbocycles. The molecule has 0 saturated heterocycles. The van der Waals surface area contributed by atoms with E-state index in [9.17, 15) is 9.50 Å². The predicted molar refractivity (Wildman–Crippen MR) is 70.1 cm³/mol. The largest absolute Gasteiger partial charge is 0.387 e. The van der Waals surface area contributed by atoms with Crippen LogP contribution in [-0.2, 0) is 4.74 Å². The first-order chi connectivity index (χ1) is 8.56. The first-order valence-electron chi connectivity index (χ1n) is 6.22. The molecular formula is C14H22FNO2. The summed E-state index contributed by atoms with van der Waals surface area (Å²) in [6, 6.07) is 4.63. The number of methoxy groups -OCH3 is 1. The van der Waals surface area contributed by atoms with Gasteiger partial charge in [0.25, 0.3) is 0 Å². The minimum absolute atomic E-state index is 0.0771. The fraction of sp³-hybridized carbons (Fsp3) is 0.571. The molecule has 0 spiro atoms. The summed E-state index contributed by atoms with van der Waals surface area (Å²) in [5.74, 6) is -0.244. The number of aryl methyl sites for hydroxylation is 1. The molecule has 102 valence electrons. The van der Waals surface area contributed by atoms with Gasteiger partial charge in [-0.05, 0) is 44.0 Å². The summed E-state index contributed by atoms with van der Waals surface area (Å²) < 4.78 is 18.1. The Bertz CT molecular complexity index is 371. The Labute approximate surface area is 108 Å². The van der Waals surface area contributed by atoms with Crippen molar-refractivity contribution in [2.45, 2.75) is 32.4 Å². The number of hydrogen-bond donors (Lipinski definition) is 2. The van der Waals surface area contributed by atoms with Crippen LogP contribution in [0.1, 0.15) is 30.6 Å². The van der Waals surface area contributed by atoms with Gasteiger partial charge in [-0.1, -0.05) is 12.1 Å². The third kappa shape index (κ3) is 4.37. The molecule has 0 heterocycles. The second-order valence-corrected chi connectivity index (χ2v) is 4.54. The molecule has 18 heavy (non-hydrogen) atoms. The normalized spacial score (nSPS) is 14.5. The van der Waals surface area contributed by atoms with Gasteiger partial charge in [-0.15, -0.1) is 0 Å². The van der Waals surface area contributed by atoms with Crippen LogP contribution in [0, 0.1) is 12.7 Å². The van der Waals surface area contributed by atoms with Crippen molar-refractivity contribution in [1.82, 2.24) is 5.32 Å². The molecule has 0 aliphatic heterocycles. The Kier molecular flexibility index (Phi) is 6.25. The van der Waals surface area contributed by atoms with Crippen molar-refractivity contribution in [2.24, 2.45) is 0 Å². The highest BCUT2D eigenvalue weighted by Gasteiger charge is 2.16. The van der Waals surface area contributed by atoms with Crippen molar-refractivity contribution in [3.63, 3.8) is 0 Å². The predicted octanol–water partition coefficient (Wildman–Crippen LogP) is 2.18. The maximum atomic E-state index is 13.1. The van der Waals surface area contributed by atoms with Crippen molar-refractivity contribution in [2.75, 3.05) is 20.3 Å². The average Bonchev–Trinajstić information content (AvgIpc) is 2.37. The molecule has 0 amide bonds. The van der Waals surface area contributed by atoms with E-state index in [0.717, 1.165) is 18.5 Å². The molecule has 4 heteroatoms. The van der Waals surface area contributed by atoms with Gasteiger partial charge in [-0.25, -0.2) is 4.39 Å². The third-order valence-electron chi connectivity index (χ3n) is 2.99. The number of nitrogens with one attached hydrogen (secondary N) is 1. The number of halogens is 1. The lowest BCUT2D eigenvalue weighted by Crippen LogP contribution is -2.33. The van der Waals surface area contributed by atoms with E-state index in [0.29, 0.717) is 12.2 Å². The SMILES string of the molecule is COCCCNC(C)C(O)c1ccc(F)c(C)c1. The van der Waals surface area contributed by atoms with Crippen LogP contribution in [-0.4, -0.2) is 31.4 Å². The fourth-order valence-electron chi connectivity index (χ4n) is 1.80. The Hall–Kier alpha value is -0.970. The molecule has 0 aromatic heterocycles. The van der Waals surface area contributed by atoms with Crippen LogP contribution >= 0.6 is 0 Å². The van der Waals surface area contributed by atoms with Crippen molar-refractivity contribution < 1.29 is 14.2 Å². The number of aliphatic hydroxyl groups is 1. The summed E-state index contributed by atoms with van der Waals surface area (Å²) in [5.41, 5.74) is 1.29. The first-order valence-corrected chi connectivity index (χ1v) is 6.22. The molecule has 2 atom stereocenters. The van der Waals surface area contributed by atoms with Gasteiger partial charge in [-0.3, -0.25) is 0 Å². The fourth-order valence-corrected chi connectivity index (χ4v) is 1.80. The molecule has 0 saturated carbocycles. The highest BCUT2D eigenvalue weighted by atomic mass is 19.1. The van der Waals surface area contributed by atoms with Gasteiger partial charge in [0.15, 0.2) is 0 Å². The number of hydrogen-bond acceptors (Lipinski definition) is 3. The van der Waals surface area contributed by atoms with Crippen molar-refractivity contribution in [3.05, 3.63) is 35.1 Å². The van der Waals surface area contributed by atoms with Crippen LogP contribution in [0.25, 0.3) is 0 Å². The average molecular weight is 255 g/mol. The summed E-state index contributed by atoms with van der Waals surface area (Å²) in [4.78, 5) is 0. The highest BCUT2D eigenvalue weighted by Crippen LogP contribution is 2.19. The Morgan fingerprint density at radius 2 is 2.17 bits per heavy atom. The molecule has 0 radical (unpaired) electrons. The van der Waals surface area contributed by atoms with E-state index < -0.39 is 6.10 Å². The minimum Gasteiger partial charge on any atom is -0.387 e. The van der Waals surface area contributed by atoms with Gasteiger partial charge in [0.05, 0.1) is 6.10 Å². The number of aliphatic hydroxyl groups excluding tert-OH is 1. The van der Waals surface area contributed by atoms with E-state index in [1.165, 1.54) is 6.07 Å². The van der Waals surface area contributed by atoms with E-state index in [-0.39, 0.29) is 11.9 Å². The number of rotatable bonds is 7. The lowest BCUT2D eigenvalue weighted by Gasteiger charge is -2.21. The number of ether oxygens (including phenoxy) is 1. The second kappa shape index (κ2) is 7.46. The van der Waals surface area contributed by atoms with Crippen LogP contribution < -0.4 is 5.32 Å². The van der Waals surface area contributed by atoms with Crippen molar-refractivity contribution >= 4 is 0 Å². The Morgan fingerprint density at radius 1 is 1.44 bits per heavy atom. The Morgan fingerprint density at radius 3 is 2.78 bits per heavy atom. The molecule has 1 rings (SSSR count). The molecule has 1 aromatic carbocycles. The second-order valence-electron chi connectivity index (χ2n) is 4.54. The maximum Gasteiger partial charge on any atom is 0.126 e. The summed E-state index contributed by atoms with van der Waals surface area (Å²) in [7, 11) is 1.67. The zero-order chi connectivity index (χ0) is 13.5. The summed E-state index contributed by atoms with van der Waals surface area (Å²) >= 11 is 0. The molecule has 3 nitrogen and oxygen atoms in total. The smallest absolute Gasteiger partial charge is 0.126 e. The molecule has 2 unspecified atom stereocenters.